The molecule has 2 heterocycles. The number of aliphatic hydroxyl groups is 1. The van der Waals surface area contributed by atoms with Crippen LogP contribution in [0.5, 0.6) is 5.88 Å². The standard InChI is InChI=1S/C12H17NO3/c1-2-16-11-10(4-3-7-13-11)12(14)5-8-15-9-6-12/h3-4,7,14H,2,5-6,8-9H2,1H3. The van der Waals surface area contributed by atoms with Crippen LogP contribution in [0.15, 0.2) is 18.3 Å². The van der Waals surface area contributed by atoms with Gasteiger partial charge in [-0.2, -0.15) is 0 Å². The fourth-order valence-corrected chi connectivity index (χ4v) is 1.98. The maximum absolute atomic E-state index is 10.6. The molecular formula is C12H17NO3. The lowest BCUT2D eigenvalue weighted by atomic mass is 9.87. The molecule has 1 saturated heterocycles. The van der Waals surface area contributed by atoms with Crippen LogP contribution in [-0.2, 0) is 10.3 Å². The Balaban J connectivity index is 2.30. The molecule has 0 unspecified atom stereocenters. The molecule has 1 N–H and O–H groups in total. The molecule has 0 radical (unpaired) electrons. The molecule has 0 atom stereocenters. The van der Waals surface area contributed by atoms with Gasteiger partial charge in [-0.25, -0.2) is 4.98 Å². The fourth-order valence-electron chi connectivity index (χ4n) is 1.98. The van der Waals surface area contributed by atoms with Crippen molar-refractivity contribution in [3.05, 3.63) is 23.9 Å². The van der Waals surface area contributed by atoms with E-state index in [1.165, 1.54) is 0 Å². The van der Waals surface area contributed by atoms with Gasteiger partial charge in [-0.05, 0) is 19.1 Å². The Morgan fingerprint density at radius 3 is 2.94 bits per heavy atom. The zero-order valence-corrected chi connectivity index (χ0v) is 9.48. The number of hydrogen-bond donors (Lipinski definition) is 1. The second kappa shape index (κ2) is 4.80. The molecule has 2 rings (SSSR count). The Labute approximate surface area is 95.2 Å². The summed E-state index contributed by atoms with van der Waals surface area (Å²) in [6.45, 7) is 3.62. The summed E-state index contributed by atoms with van der Waals surface area (Å²) in [6, 6.07) is 3.70. The molecule has 0 aromatic carbocycles. The van der Waals surface area contributed by atoms with Crippen molar-refractivity contribution in [2.24, 2.45) is 0 Å². The summed E-state index contributed by atoms with van der Waals surface area (Å²) in [5.41, 5.74) is -0.0723. The van der Waals surface area contributed by atoms with Crippen LogP contribution in [0, 0.1) is 0 Å². The molecular weight excluding hydrogens is 206 g/mol. The molecule has 1 aliphatic heterocycles. The number of ether oxygens (including phenoxy) is 2. The highest BCUT2D eigenvalue weighted by molar-refractivity contribution is 5.32. The Kier molecular flexibility index (Phi) is 3.41. The molecule has 0 aliphatic carbocycles. The van der Waals surface area contributed by atoms with Crippen LogP contribution >= 0.6 is 0 Å². The van der Waals surface area contributed by atoms with E-state index in [0.717, 1.165) is 5.56 Å². The first-order valence-corrected chi connectivity index (χ1v) is 5.65. The smallest absolute Gasteiger partial charge is 0.219 e. The molecule has 1 aliphatic rings. The summed E-state index contributed by atoms with van der Waals surface area (Å²) in [5, 5.41) is 10.6. The molecule has 0 amide bonds. The number of aromatic nitrogens is 1. The maximum atomic E-state index is 10.6. The first-order chi connectivity index (χ1) is 7.76. The van der Waals surface area contributed by atoms with Crippen molar-refractivity contribution in [1.29, 1.82) is 0 Å². The highest BCUT2D eigenvalue weighted by Crippen LogP contribution is 2.36. The lowest BCUT2D eigenvalue weighted by Crippen LogP contribution is -2.34. The van der Waals surface area contributed by atoms with Crippen molar-refractivity contribution in [2.45, 2.75) is 25.4 Å². The van der Waals surface area contributed by atoms with Crippen LogP contribution in [0.3, 0.4) is 0 Å². The lowest BCUT2D eigenvalue weighted by Gasteiger charge is -2.32. The Hall–Kier alpha value is -1.13. The number of hydrogen-bond acceptors (Lipinski definition) is 4. The zero-order chi connectivity index (χ0) is 11.4. The largest absolute Gasteiger partial charge is 0.478 e. The Morgan fingerprint density at radius 1 is 1.50 bits per heavy atom. The van der Waals surface area contributed by atoms with Crippen molar-refractivity contribution < 1.29 is 14.6 Å². The van der Waals surface area contributed by atoms with Crippen LogP contribution in [0.4, 0.5) is 0 Å². The van der Waals surface area contributed by atoms with Gasteiger partial charge in [0.1, 0.15) is 0 Å². The van der Waals surface area contributed by atoms with Gasteiger partial charge in [-0.15, -0.1) is 0 Å². The van der Waals surface area contributed by atoms with Crippen molar-refractivity contribution in [3.63, 3.8) is 0 Å². The van der Waals surface area contributed by atoms with Crippen molar-refractivity contribution in [2.75, 3.05) is 19.8 Å². The van der Waals surface area contributed by atoms with Gasteiger partial charge >= 0.3 is 0 Å². The quantitative estimate of drug-likeness (QED) is 0.843. The number of rotatable bonds is 3. The minimum absolute atomic E-state index is 0.536. The van der Waals surface area contributed by atoms with E-state index in [9.17, 15) is 5.11 Å². The van der Waals surface area contributed by atoms with Crippen molar-refractivity contribution >= 4 is 0 Å². The molecule has 16 heavy (non-hydrogen) atoms. The van der Waals surface area contributed by atoms with Gasteiger partial charge in [0, 0.05) is 37.8 Å². The topological polar surface area (TPSA) is 51.6 Å². The third-order valence-corrected chi connectivity index (χ3v) is 2.87. The van der Waals surface area contributed by atoms with Crippen LogP contribution < -0.4 is 4.74 Å². The van der Waals surface area contributed by atoms with E-state index in [0.29, 0.717) is 38.5 Å². The zero-order valence-electron chi connectivity index (χ0n) is 9.48. The van der Waals surface area contributed by atoms with E-state index < -0.39 is 5.60 Å². The van der Waals surface area contributed by atoms with E-state index in [1.807, 2.05) is 19.1 Å². The van der Waals surface area contributed by atoms with Gasteiger partial charge in [0.25, 0.3) is 0 Å². The van der Waals surface area contributed by atoms with Crippen molar-refractivity contribution in [1.82, 2.24) is 4.98 Å². The summed E-state index contributed by atoms with van der Waals surface area (Å²) < 4.78 is 10.7. The fraction of sp³-hybridized carbons (Fsp3) is 0.583. The third-order valence-electron chi connectivity index (χ3n) is 2.87. The van der Waals surface area contributed by atoms with Gasteiger partial charge in [-0.1, -0.05) is 0 Å². The molecule has 0 saturated carbocycles. The second-order valence-electron chi connectivity index (χ2n) is 3.93. The van der Waals surface area contributed by atoms with Gasteiger partial charge in [0.2, 0.25) is 5.88 Å². The Morgan fingerprint density at radius 2 is 2.25 bits per heavy atom. The highest BCUT2D eigenvalue weighted by Gasteiger charge is 2.34. The van der Waals surface area contributed by atoms with E-state index in [2.05, 4.69) is 4.98 Å². The average molecular weight is 223 g/mol. The monoisotopic (exact) mass is 223 g/mol. The summed E-state index contributed by atoms with van der Waals surface area (Å²) in [4.78, 5) is 4.17. The van der Waals surface area contributed by atoms with E-state index in [4.69, 9.17) is 9.47 Å². The average Bonchev–Trinajstić information content (AvgIpc) is 2.31. The molecule has 1 aromatic heterocycles. The van der Waals surface area contributed by atoms with E-state index in [-0.39, 0.29) is 0 Å². The van der Waals surface area contributed by atoms with Gasteiger partial charge < -0.3 is 14.6 Å². The molecule has 4 heteroatoms. The molecule has 88 valence electrons. The maximum Gasteiger partial charge on any atom is 0.219 e. The lowest BCUT2D eigenvalue weighted by molar-refractivity contribution is -0.0694. The van der Waals surface area contributed by atoms with Gasteiger partial charge in [0.15, 0.2) is 0 Å². The third kappa shape index (κ3) is 2.18. The summed E-state index contributed by atoms with van der Waals surface area (Å²) in [6.07, 6.45) is 2.87. The first kappa shape index (κ1) is 11.4. The van der Waals surface area contributed by atoms with Crippen LogP contribution in [-0.4, -0.2) is 29.9 Å². The highest BCUT2D eigenvalue weighted by atomic mass is 16.5. The normalized spacial score (nSPS) is 19.4. The first-order valence-electron chi connectivity index (χ1n) is 5.65. The van der Waals surface area contributed by atoms with E-state index >= 15 is 0 Å². The molecule has 1 aromatic rings. The Bertz CT molecular complexity index is 348. The number of nitrogens with zero attached hydrogens (tertiary/aromatic N) is 1. The molecule has 4 nitrogen and oxygen atoms in total. The number of pyridine rings is 1. The summed E-state index contributed by atoms with van der Waals surface area (Å²) in [5.74, 6) is 0.536. The minimum Gasteiger partial charge on any atom is -0.478 e. The predicted octanol–water partition coefficient (Wildman–Crippen LogP) is 1.48. The predicted molar refractivity (Wildman–Crippen MR) is 59.4 cm³/mol. The molecule has 1 fully saturated rings. The summed E-state index contributed by atoms with van der Waals surface area (Å²) >= 11 is 0. The SMILES string of the molecule is CCOc1ncccc1C1(O)CCOCC1. The van der Waals surface area contributed by atoms with Crippen LogP contribution in [0.2, 0.25) is 0 Å². The van der Waals surface area contributed by atoms with Crippen molar-refractivity contribution in [3.8, 4) is 5.88 Å². The second-order valence-corrected chi connectivity index (χ2v) is 3.93. The molecule has 0 spiro atoms. The van der Waals surface area contributed by atoms with E-state index in [1.54, 1.807) is 6.20 Å². The van der Waals surface area contributed by atoms with Crippen LogP contribution in [0.25, 0.3) is 0 Å². The molecule has 0 bridgehead atoms. The van der Waals surface area contributed by atoms with Gasteiger partial charge in [-0.3, -0.25) is 0 Å². The van der Waals surface area contributed by atoms with Gasteiger partial charge in [0.05, 0.1) is 12.2 Å². The minimum atomic E-state index is -0.850. The van der Waals surface area contributed by atoms with Crippen LogP contribution in [0.1, 0.15) is 25.3 Å². The summed E-state index contributed by atoms with van der Waals surface area (Å²) in [7, 11) is 0.